The summed E-state index contributed by atoms with van der Waals surface area (Å²) in [5, 5.41) is 9.71. The van der Waals surface area contributed by atoms with Crippen LogP contribution in [0.15, 0.2) is 24.3 Å². The van der Waals surface area contributed by atoms with Crippen LogP contribution in [0.1, 0.15) is 200 Å². The summed E-state index contributed by atoms with van der Waals surface area (Å²) in [6, 6.07) is 0. The molecule has 0 spiro atoms. The molecule has 0 aromatic carbocycles. The average Bonchev–Trinajstić information content (AvgIpc) is 3.12. The first-order chi connectivity index (χ1) is 25.6. The SMILES string of the molecule is CCCCCCCC/C=C\CCCCCCCC(=O)OC[C@H](CO)OC(=O)CCCCC(CC/C=C\CCCCCCCC)C(=O)CCC[N+](C)(C)C. The van der Waals surface area contributed by atoms with Crippen LogP contribution < -0.4 is 0 Å². The highest BCUT2D eigenvalue weighted by Gasteiger charge is 2.20. The summed E-state index contributed by atoms with van der Waals surface area (Å²) in [4.78, 5) is 37.9. The second kappa shape index (κ2) is 37.0. The van der Waals surface area contributed by atoms with Crippen LogP contribution in [0.3, 0.4) is 0 Å². The van der Waals surface area contributed by atoms with Gasteiger partial charge in [0.1, 0.15) is 12.4 Å². The Labute approximate surface area is 327 Å². The molecule has 0 aliphatic carbocycles. The van der Waals surface area contributed by atoms with E-state index in [0.29, 0.717) is 25.0 Å². The predicted octanol–water partition coefficient (Wildman–Crippen LogP) is 11.8. The molecule has 310 valence electrons. The van der Waals surface area contributed by atoms with Crippen molar-refractivity contribution in [2.75, 3.05) is 40.9 Å². The Morgan fingerprint density at radius 1 is 0.547 bits per heavy atom. The first-order valence-corrected chi connectivity index (χ1v) is 22.2. The Hall–Kier alpha value is -1.99. The maximum absolute atomic E-state index is 13.2. The highest BCUT2D eigenvalue weighted by atomic mass is 16.6. The van der Waals surface area contributed by atoms with Crippen LogP contribution in [0.4, 0.5) is 0 Å². The van der Waals surface area contributed by atoms with Crippen LogP contribution in [0.2, 0.25) is 0 Å². The molecule has 7 nitrogen and oxygen atoms in total. The number of hydrogen-bond acceptors (Lipinski definition) is 6. The lowest BCUT2D eigenvalue weighted by atomic mass is 9.89. The van der Waals surface area contributed by atoms with Crippen LogP contribution in [-0.2, 0) is 23.9 Å². The number of ether oxygens (including phenoxy) is 2. The fourth-order valence-electron chi connectivity index (χ4n) is 6.60. The van der Waals surface area contributed by atoms with Gasteiger partial charge in [-0.15, -0.1) is 0 Å². The van der Waals surface area contributed by atoms with Crippen molar-refractivity contribution in [3.63, 3.8) is 0 Å². The van der Waals surface area contributed by atoms with Crippen molar-refractivity contribution in [1.82, 2.24) is 0 Å². The number of unbranched alkanes of at least 4 members (excludes halogenated alkanes) is 18. The number of ketones is 1. The van der Waals surface area contributed by atoms with Gasteiger partial charge in [-0.2, -0.15) is 0 Å². The topological polar surface area (TPSA) is 89.9 Å². The van der Waals surface area contributed by atoms with E-state index in [-0.39, 0.29) is 31.5 Å². The van der Waals surface area contributed by atoms with E-state index in [0.717, 1.165) is 75.2 Å². The first-order valence-electron chi connectivity index (χ1n) is 22.2. The minimum atomic E-state index is -0.848. The van der Waals surface area contributed by atoms with Gasteiger partial charge in [0, 0.05) is 31.6 Å². The van der Waals surface area contributed by atoms with Gasteiger partial charge >= 0.3 is 11.9 Å². The molecule has 0 rings (SSSR count). The van der Waals surface area contributed by atoms with Crippen LogP contribution in [0, 0.1) is 5.92 Å². The summed E-state index contributed by atoms with van der Waals surface area (Å²) in [7, 11) is 6.46. The highest BCUT2D eigenvalue weighted by Crippen LogP contribution is 2.21. The van der Waals surface area contributed by atoms with Crippen LogP contribution in [-0.4, -0.2) is 74.3 Å². The summed E-state index contributed by atoms with van der Waals surface area (Å²) in [5.41, 5.74) is 0. The molecule has 0 fully saturated rings. The minimum absolute atomic E-state index is 0.0171. The quantitative estimate of drug-likeness (QED) is 0.0291. The predicted molar refractivity (Wildman–Crippen MR) is 223 cm³/mol. The van der Waals surface area contributed by atoms with E-state index in [4.69, 9.17) is 9.47 Å². The molecule has 2 atom stereocenters. The highest BCUT2D eigenvalue weighted by molar-refractivity contribution is 5.81. The maximum Gasteiger partial charge on any atom is 0.306 e. The van der Waals surface area contributed by atoms with E-state index >= 15 is 0 Å². The lowest BCUT2D eigenvalue weighted by Crippen LogP contribution is -2.35. The normalized spacial score (nSPS) is 13.2. The monoisotopic (exact) mass is 749 g/mol. The number of hydrogen-bond donors (Lipinski definition) is 1. The number of aliphatic hydroxyl groups is 1. The van der Waals surface area contributed by atoms with Gasteiger partial charge in [0.25, 0.3) is 0 Å². The molecule has 0 heterocycles. The molecule has 0 aromatic rings. The van der Waals surface area contributed by atoms with Crippen molar-refractivity contribution >= 4 is 17.7 Å². The smallest absolute Gasteiger partial charge is 0.306 e. The van der Waals surface area contributed by atoms with E-state index < -0.39 is 12.1 Å². The van der Waals surface area contributed by atoms with Crippen molar-refractivity contribution in [3.8, 4) is 0 Å². The summed E-state index contributed by atoms with van der Waals surface area (Å²) >= 11 is 0. The minimum Gasteiger partial charge on any atom is -0.462 e. The molecule has 0 radical (unpaired) electrons. The lowest BCUT2D eigenvalue weighted by molar-refractivity contribution is -0.870. The van der Waals surface area contributed by atoms with E-state index in [1.165, 1.54) is 96.3 Å². The number of esters is 2. The summed E-state index contributed by atoms with van der Waals surface area (Å²) < 4.78 is 11.6. The van der Waals surface area contributed by atoms with E-state index in [1.807, 2.05) is 0 Å². The first kappa shape index (κ1) is 51.0. The number of quaternary nitrogens is 1. The molecule has 0 amide bonds. The number of aliphatic hydroxyl groups excluding tert-OH is 1. The van der Waals surface area contributed by atoms with Crippen molar-refractivity contribution < 1.29 is 33.4 Å². The van der Waals surface area contributed by atoms with Gasteiger partial charge in [-0.25, -0.2) is 0 Å². The average molecular weight is 749 g/mol. The van der Waals surface area contributed by atoms with Gasteiger partial charge < -0.3 is 19.1 Å². The van der Waals surface area contributed by atoms with Crippen molar-refractivity contribution in [1.29, 1.82) is 0 Å². The Bertz CT molecular complexity index is 923. The molecular formula is C46H86NO6+. The van der Waals surface area contributed by atoms with Crippen LogP contribution in [0.5, 0.6) is 0 Å². The Morgan fingerprint density at radius 3 is 1.55 bits per heavy atom. The molecule has 0 saturated heterocycles. The second-order valence-electron chi connectivity index (χ2n) is 16.4. The fourth-order valence-corrected chi connectivity index (χ4v) is 6.60. The third kappa shape index (κ3) is 36.7. The molecule has 1 N–H and O–H groups in total. The zero-order chi connectivity index (χ0) is 39.3. The Kier molecular flexibility index (Phi) is 35.6. The van der Waals surface area contributed by atoms with Crippen molar-refractivity contribution in [2.45, 2.75) is 206 Å². The fraction of sp³-hybridized carbons (Fsp3) is 0.848. The van der Waals surface area contributed by atoms with Crippen molar-refractivity contribution in [3.05, 3.63) is 24.3 Å². The summed E-state index contributed by atoms with van der Waals surface area (Å²) in [5.74, 6) is -0.356. The Balaban J connectivity index is 4.25. The van der Waals surface area contributed by atoms with E-state index in [9.17, 15) is 19.5 Å². The molecule has 0 aromatic heterocycles. The van der Waals surface area contributed by atoms with Gasteiger partial charge in [0.15, 0.2) is 6.10 Å². The standard InChI is InChI=1S/C46H86NO6/c1-6-8-10-12-14-16-18-19-20-21-22-24-26-28-30-37-45(50)52-41-43(40-48)53-46(51)38-32-31-35-42(44(49)36-33-39-47(3,4)5)34-29-27-25-23-17-15-13-11-9-7-2/h19-20,25,27,42-43,48H,6-18,21-24,26,28-41H2,1-5H3/q+1/b20-19-,27-25-/t42?,43-/m0/s1. The number of nitrogens with zero attached hydrogens (tertiary/aromatic N) is 1. The third-order valence-corrected chi connectivity index (χ3v) is 10.0. The second-order valence-corrected chi connectivity index (χ2v) is 16.4. The van der Waals surface area contributed by atoms with E-state index in [1.54, 1.807) is 0 Å². The maximum atomic E-state index is 13.2. The molecule has 1 unspecified atom stereocenters. The number of Topliss-reactive ketones (excluding diaryl/α,β-unsaturated/α-hetero) is 1. The summed E-state index contributed by atoms with van der Waals surface area (Å²) in [6.45, 7) is 4.97. The molecule has 0 saturated carbocycles. The molecule has 0 aliphatic rings. The number of carbonyl (C=O) groups excluding carboxylic acids is 3. The molecule has 0 bridgehead atoms. The lowest BCUT2D eigenvalue weighted by Gasteiger charge is -2.24. The van der Waals surface area contributed by atoms with Gasteiger partial charge in [0.05, 0.1) is 34.3 Å². The number of rotatable bonds is 39. The van der Waals surface area contributed by atoms with Crippen LogP contribution >= 0.6 is 0 Å². The van der Waals surface area contributed by atoms with E-state index in [2.05, 4.69) is 59.3 Å². The molecular weight excluding hydrogens is 663 g/mol. The van der Waals surface area contributed by atoms with Crippen molar-refractivity contribution in [2.24, 2.45) is 5.92 Å². The zero-order valence-electron chi connectivity index (χ0n) is 35.5. The zero-order valence-corrected chi connectivity index (χ0v) is 35.5. The molecule has 7 heteroatoms. The molecule has 53 heavy (non-hydrogen) atoms. The van der Waals surface area contributed by atoms with Gasteiger partial charge in [-0.1, -0.05) is 128 Å². The van der Waals surface area contributed by atoms with Crippen LogP contribution in [0.25, 0.3) is 0 Å². The summed E-state index contributed by atoms with van der Waals surface area (Å²) in [6.07, 6.45) is 38.9. The third-order valence-electron chi connectivity index (χ3n) is 10.0. The largest absolute Gasteiger partial charge is 0.462 e. The van der Waals surface area contributed by atoms with Gasteiger partial charge in [0.2, 0.25) is 0 Å². The number of allylic oxidation sites excluding steroid dienone is 4. The van der Waals surface area contributed by atoms with Gasteiger partial charge in [-0.05, 0) is 70.6 Å². The number of carbonyl (C=O) groups is 3. The molecule has 0 aliphatic heterocycles. The Morgan fingerprint density at radius 2 is 1.02 bits per heavy atom. The van der Waals surface area contributed by atoms with Gasteiger partial charge in [-0.3, -0.25) is 14.4 Å².